The van der Waals surface area contributed by atoms with Crippen molar-refractivity contribution in [2.75, 3.05) is 20.6 Å². The van der Waals surface area contributed by atoms with Crippen LogP contribution < -0.4 is 0 Å². The topological polar surface area (TPSA) is 95.8 Å². The van der Waals surface area contributed by atoms with Crippen LogP contribution in [0.4, 0.5) is 0 Å². The molecule has 4 aromatic rings. The van der Waals surface area contributed by atoms with E-state index in [9.17, 15) is 5.11 Å². The summed E-state index contributed by atoms with van der Waals surface area (Å²) < 4.78 is 1.78. The van der Waals surface area contributed by atoms with Crippen LogP contribution in [-0.4, -0.2) is 60.6 Å². The van der Waals surface area contributed by atoms with Crippen LogP contribution in [0.2, 0.25) is 0 Å². The molecule has 8 heteroatoms. The van der Waals surface area contributed by atoms with Gasteiger partial charge in [0.15, 0.2) is 11.5 Å². The molecular weight excluding hydrogens is 330 g/mol. The SMILES string of the molecule is CN(C)C[C@H](O)c1cnc2c(cnn2-c2cccc(-c3ncn[nH]3)c2)c1. The number of hydrogen-bond donors (Lipinski definition) is 2. The molecule has 2 N–H and O–H groups in total. The van der Waals surface area contributed by atoms with Gasteiger partial charge in [-0.05, 0) is 32.3 Å². The highest BCUT2D eigenvalue weighted by Crippen LogP contribution is 2.23. The minimum Gasteiger partial charge on any atom is -0.387 e. The van der Waals surface area contributed by atoms with E-state index in [2.05, 4.69) is 25.3 Å². The van der Waals surface area contributed by atoms with Gasteiger partial charge in [-0.15, -0.1) is 0 Å². The quantitative estimate of drug-likeness (QED) is 0.570. The van der Waals surface area contributed by atoms with Crippen molar-refractivity contribution in [2.45, 2.75) is 6.10 Å². The molecule has 0 amide bonds. The summed E-state index contributed by atoms with van der Waals surface area (Å²) in [7, 11) is 3.85. The summed E-state index contributed by atoms with van der Waals surface area (Å²) >= 11 is 0. The van der Waals surface area contributed by atoms with Crippen molar-refractivity contribution in [3.8, 4) is 17.1 Å². The number of fused-ring (bicyclic) bond motifs is 1. The first-order valence-electron chi connectivity index (χ1n) is 8.24. The molecule has 0 saturated heterocycles. The fourth-order valence-corrected chi connectivity index (χ4v) is 2.89. The van der Waals surface area contributed by atoms with Crippen molar-refractivity contribution in [2.24, 2.45) is 0 Å². The number of H-pyrrole nitrogens is 1. The zero-order valence-corrected chi connectivity index (χ0v) is 14.5. The van der Waals surface area contributed by atoms with E-state index < -0.39 is 6.10 Å². The molecule has 3 aromatic heterocycles. The monoisotopic (exact) mass is 349 g/mol. The fraction of sp³-hybridized carbons (Fsp3) is 0.222. The normalized spacial score (nSPS) is 12.8. The molecular formula is C18H19N7O. The van der Waals surface area contributed by atoms with Crippen LogP contribution in [-0.2, 0) is 0 Å². The molecule has 0 saturated carbocycles. The molecule has 0 aliphatic heterocycles. The number of aliphatic hydroxyl groups excluding tert-OH is 1. The Labute approximate surface area is 150 Å². The average molecular weight is 349 g/mol. The third kappa shape index (κ3) is 3.07. The van der Waals surface area contributed by atoms with E-state index in [0.29, 0.717) is 12.4 Å². The van der Waals surface area contributed by atoms with Crippen LogP contribution in [0.15, 0.2) is 49.1 Å². The van der Waals surface area contributed by atoms with Gasteiger partial charge in [0.1, 0.15) is 6.33 Å². The summed E-state index contributed by atoms with van der Waals surface area (Å²) in [5.41, 5.74) is 3.31. The first-order chi connectivity index (χ1) is 12.6. The van der Waals surface area contributed by atoms with E-state index in [-0.39, 0.29) is 0 Å². The van der Waals surface area contributed by atoms with Crippen molar-refractivity contribution in [3.05, 3.63) is 54.6 Å². The van der Waals surface area contributed by atoms with Gasteiger partial charge in [-0.3, -0.25) is 5.10 Å². The van der Waals surface area contributed by atoms with Crippen LogP contribution in [0.5, 0.6) is 0 Å². The second kappa shape index (κ2) is 6.66. The van der Waals surface area contributed by atoms with Gasteiger partial charge in [0.05, 0.1) is 18.0 Å². The van der Waals surface area contributed by atoms with Crippen molar-refractivity contribution in [1.29, 1.82) is 0 Å². The summed E-state index contributed by atoms with van der Waals surface area (Å²) in [6.07, 6.45) is 4.36. The fourth-order valence-electron chi connectivity index (χ4n) is 2.89. The molecule has 4 rings (SSSR count). The third-order valence-electron chi connectivity index (χ3n) is 4.13. The third-order valence-corrected chi connectivity index (χ3v) is 4.13. The Morgan fingerprint density at radius 3 is 2.85 bits per heavy atom. The maximum Gasteiger partial charge on any atom is 0.162 e. The highest BCUT2D eigenvalue weighted by molar-refractivity contribution is 5.77. The molecule has 0 aliphatic rings. The summed E-state index contributed by atoms with van der Waals surface area (Å²) in [4.78, 5) is 10.6. The van der Waals surface area contributed by atoms with Crippen molar-refractivity contribution in [1.82, 2.24) is 34.8 Å². The van der Waals surface area contributed by atoms with E-state index in [0.717, 1.165) is 27.8 Å². The molecule has 1 atom stereocenters. The van der Waals surface area contributed by atoms with Gasteiger partial charge in [-0.25, -0.2) is 14.6 Å². The van der Waals surface area contributed by atoms with E-state index in [4.69, 9.17) is 0 Å². The first kappa shape index (κ1) is 16.4. The van der Waals surface area contributed by atoms with Gasteiger partial charge in [-0.2, -0.15) is 10.2 Å². The van der Waals surface area contributed by atoms with Gasteiger partial charge in [0, 0.05) is 29.3 Å². The number of rotatable bonds is 5. The average Bonchev–Trinajstić information content (AvgIpc) is 3.30. The number of aliphatic hydroxyl groups is 1. The van der Waals surface area contributed by atoms with Crippen molar-refractivity contribution >= 4 is 11.0 Å². The number of pyridine rings is 1. The maximum absolute atomic E-state index is 10.3. The minimum atomic E-state index is -0.583. The summed E-state index contributed by atoms with van der Waals surface area (Å²) in [6.45, 7) is 0.542. The Bertz CT molecular complexity index is 1020. The number of likely N-dealkylation sites (N-methyl/N-ethyl adjacent to an activating group) is 1. The lowest BCUT2D eigenvalue weighted by atomic mass is 10.1. The number of nitrogens with zero attached hydrogens (tertiary/aromatic N) is 6. The largest absolute Gasteiger partial charge is 0.387 e. The first-order valence-corrected chi connectivity index (χ1v) is 8.24. The number of nitrogens with one attached hydrogen (secondary N) is 1. The van der Waals surface area contributed by atoms with Gasteiger partial charge in [-0.1, -0.05) is 12.1 Å². The molecule has 8 nitrogen and oxygen atoms in total. The standard InChI is InChI=1S/C18H19N7O/c1-24(2)10-16(26)13-6-14-9-22-25(18(14)19-8-13)15-5-3-4-12(7-15)17-20-11-21-23-17/h3-9,11,16,26H,10H2,1-2H3,(H,20,21,23)/t16-/m0/s1. The molecule has 1 aromatic carbocycles. The van der Waals surface area contributed by atoms with Crippen molar-refractivity contribution < 1.29 is 5.11 Å². The molecule has 0 spiro atoms. The molecule has 26 heavy (non-hydrogen) atoms. The Morgan fingerprint density at radius 1 is 1.19 bits per heavy atom. The molecule has 0 bridgehead atoms. The number of hydrogen-bond acceptors (Lipinski definition) is 6. The van der Waals surface area contributed by atoms with E-state index in [1.807, 2.05) is 49.3 Å². The van der Waals surface area contributed by atoms with Gasteiger partial charge < -0.3 is 10.0 Å². The molecule has 132 valence electrons. The highest BCUT2D eigenvalue weighted by Gasteiger charge is 2.13. The van der Waals surface area contributed by atoms with Gasteiger partial charge in [0.2, 0.25) is 0 Å². The number of benzene rings is 1. The molecule has 0 unspecified atom stereocenters. The molecule has 0 radical (unpaired) electrons. The van der Waals surface area contributed by atoms with Crippen LogP contribution in [0.1, 0.15) is 11.7 Å². The lowest BCUT2D eigenvalue weighted by Gasteiger charge is -2.15. The van der Waals surface area contributed by atoms with Crippen LogP contribution in [0.3, 0.4) is 0 Å². The second-order valence-electron chi connectivity index (χ2n) is 6.40. The van der Waals surface area contributed by atoms with Crippen LogP contribution in [0, 0.1) is 0 Å². The van der Waals surface area contributed by atoms with Crippen LogP contribution in [0.25, 0.3) is 28.1 Å². The number of aromatic nitrogens is 6. The van der Waals surface area contributed by atoms with E-state index in [1.54, 1.807) is 17.1 Å². The Hall–Kier alpha value is -3.10. The molecule has 0 fully saturated rings. The summed E-state index contributed by atoms with van der Waals surface area (Å²) in [5.74, 6) is 0.699. The Morgan fingerprint density at radius 2 is 2.08 bits per heavy atom. The van der Waals surface area contributed by atoms with Crippen molar-refractivity contribution in [3.63, 3.8) is 0 Å². The van der Waals surface area contributed by atoms with Gasteiger partial charge >= 0.3 is 0 Å². The predicted octanol–water partition coefficient (Wildman–Crippen LogP) is 1.80. The minimum absolute atomic E-state index is 0.542. The highest BCUT2D eigenvalue weighted by atomic mass is 16.3. The Kier molecular flexibility index (Phi) is 4.19. The zero-order valence-electron chi connectivity index (χ0n) is 14.5. The predicted molar refractivity (Wildman–Crippen MR) is 97.8 cm³/mol. The Balaban J connectivity index is 1.71. The number of aromatic amines is 1. The summed E-state index contributed by atoms with van der Waals surface area (Å²) in [6, 6.07) is 9.77. The lowest BCUT2D eigenvalue weighted by molar-refractivity contribution is 0.138. The van der Waals surface area contributed by atoms with Gasteiger partial charge in [0.25, 0.3) is 0 Å². The zero-order chi connectivity index (χ0) is 18.1. The summed E-state index contributed by atoms with van der Waals surface area (Å²) in [5, 5.41) is 22.4. The van der Waals surface area contributed by atoms with E-state index in [1.165, 1.54) is 6.33 Å². The molecule has 0 aliphatic carbocycles. The smallest absolute Gasteiger partial charge is 0.162 e. The second-order valence-corrected chi connectivity index (χ2v) is 6.40. The molecule has 3 heterocycles. The lowest BCUT2D eigenvalue weighted by Crippen LogP contribution is -2.20. The van der Waals surface area contributed by atoms with E-state index >= 15 is 0 Å². The maximum atomic E-state index is 10.3. The van der Waals surface area contributed by atoms with Crippen LogP contribution >= 0.6 is 0 Å².